The standard InChI is InChI=1S/C23H36O3/c1-14(2)12-16(4)22-17(5)13-19-20(24)11-10-15(3)23(19)18(22)8-6-7-9-21(25)26/h6-9,12,14-15,17-20,22-24H,10-11,13H2,1-5H3,(H,25,26)/b8-6+,9-7+,16-12+/t15-,17-,18+,19-,20-,22+,23-/m0/s1. The first-order valence-corrected chi connectivity index (χ1v) is 10.2. The van der Waals surface area contributed by atoms with E-state index >= 15 is 0 Å². The van der Waals surface area contributed by atoms with Crippen molar-refractivity contribution in [1.29, 1.82) is 0 Å². The molecule has 2 N–H and O–H groups in total. The van der Waals surface area contributed by atoms with Crippen LogP contribution in [0, 0.1) is 41.4 Å². The molecule has 2 rings (SSSR count). The fourth-order valence-corrected chi connectivity index (χ4v) is 5.66. The lowest BCUT2D eigenvalue weighted by atomic mass is 9.53. The zero-order valence-corrected chi connectivity index (χ0v) is 16.9. The second kappa shape index (κ2) is 9.03. The molecule has 2 saturated carbocycles. The molecule has 3 nitrogen and oxygen atoms in total. The summed E-state index contributed by atoms with van der Waals surface area (Å²) >= 11 is 0. The zero-order valence-electron chi connectivity index (χ0n) is 16.9. The molecule has 2 aliphatic rings. The van der Waals surface area contributed by atoms with E-state index in [2.05, 4.69) is 46.8 Å². The maximum Gasteiger partial charge on any atom is 0.328 e. The maximum atomic E-state index is 10.8. The van der Waals surface area contributed by atoms with Crippen LogP contribution in [0.5, 0.6) is 0 Å². The van der Waals surface area contributed by atoms with Crippen molar-refractivity contribution < 1.29 is 15.0 Å². The summed E-state index contributed by atoms with van der Waals surface area (Å²) in [6.07, 6.45) is 12.2. The van der Waals surface area contributed by atoms with E-state index in [-0.39, 0.29) is 6.10 Å². The number of carbonyl (C=O) groups is 1. The van der Waals surface area contributed by atoms with Gasteiger partial charge in [0.1, 0.15) is 0 Å². The Morgan fingerprint density at radius 3 is 2.42 bits per heavy atom. The molecule has 0 aromatic rings. The van der Waals surface area contributed by atoms with Crippen LogP contribution in [0.1, 0.15) is 53.9 Å². The van der Waals surface area contributed by atoms with Gasteiger partial charge in [-0.1, -0.05) is 57.6 Å². The molecule has 2 aliphatic carbocycles. The second-order valence-electron chi connectivity index (χ2n) is 8.92. The number of allylic oxidation sites excluding steroid dienone is 5. The lowest BCUT2D eigenvalue weighted by Crippen LogP contribution is -2.48. The number of aliphatic hydroxyl groups is 1. The number of aliphatic carboxylic acids is 1. The maximum absolute atomic E-state index is 10.8. The number of aliphatic hydroxyl groups excluding tert-OH is 1. The van der Waals surface area contributed by atoms with E-state index in [4.69, 9.17) is 5.11 Å². The van der Waals surface area contributed by atoms with Gasteiger partial charge in [0.15, 0.2) is 0 Å². The third-order valence-corrected chi connectivity index (χ3v) is 6.48. The van der Waals surface area contributed by atoms with Crippen LogP contribution in [-0.4, -0.2) is 22.3 Å². The minimum atomic E-state index is -0.918. The molecular formula is C23H36O3. The van der Waals surface area contributed by atoms with Gasteiger partial charge in [-0.3, -0.25) is 0 Å². The number of fused-ring (bicyclic) bond motifs is 1. The molecule has 0 unspecified atom stereocenters. The average Bonchev–Trinajstić information content (AvgIpc) is 2.53. The third kappa shape index (κ3) is 4.88. The van der Waals surface area contributed by atoms with Crippen LogP contribution in [0.2, 0.25) is 0 Å². The normalized spacial score (nSPS) is 38.9. The number of carboxylic acids is 1. The molecule has 26 heavy (non-hydrogen) atoms. The van der Waals surface area contributed by atoms with Crippen LogP contribution in [-0.2, 0) is 4.79 Å². The summed E-state index contributed by atoms with van der Waals surface area (Å²) in [5.41, 5.74) is 1.44. The number of rotatable bonds is 5. The molecule has 0 bridgehead atoms. The molecule has 0 amide bonds. The van der Waals surface area contributed by atoms with Crippen LogP contribution in [0.25, 0.3) is 0 Å². The molecule has 0 heterocycles. The zero-order chi connectivity index (χ0) is 19.4. The highest BCUT2D eigenvalue weighted by molar-refractivity contribution is 5.80. The monoisotopic (exact) mass is 360 g/mol. The Labute approximate surface area is 158 Å². The van der Waals surface area contributed by atoms with Crippen molar-refractivity contribution in [2.75, 3.05) is 0 Å². The highest BCUT2D eigenvalue weighted by atomic mass is 16.4. The first-order chi connectivity index (χ1) is 12.2. The van der Waals surface area contributed by atoms with Gasteiger partial charge in [0.2, 0.25) is 0 Å². The van der Waals surface area contributed by atoms with Crippen LogP contribution in [0.15, 0.2) is 36.0 Å². The minimum Gasteiger partial charge on any atom is -0.478 e. The highest BCUT2D eigenvalue weighted by Crippen LogP contribution is 2.53. The summed E-state index contributed by atoms with van der Waals surface area (Å²) in [4.78, 5) is 10.8. The van der Waals surface area contributed by atoms with Crippen LogP contribution >= 0.6 is 0 Å². The Morgan fingerprint density at radius 1 is 1.12 bits per heavy atom. The number of carboxylic acid groups (broad SMARTS) is 1. The van der Waals surface area contributed by atoms with Gasteiger partial charge in [-0.15, -0.1) is 0 Å². The van der Waals surface area contributed by atoms with Crippen LogP contribution in [0.3, 0.4) is 0 Å². The fourth-order valence-electron chi connectivity index (χ4n) is 5.66. The molecule has 0 saturated heterocycles. The molecule has 0 aromatic heterocycles. The topological polar surface area (TPSA) is 57.5 Å². The minimum absolute atomic E-state index is 0.195. The number of hydrogen-bond acceptors (Lipinski definition) is 2. The Kier molecular flexibility index (Phi) is 7.28. The van der Waals surface area contributed by atoms with Crippen LogP contribution in [0.4, 0.5) is 0 Å². The van der Waals surface area contributed by atoms with Crippen molar-refractivity contribution in [2.24, 2.45) is 41.4 Å². The van der Waals surface area contributed by atoms with Gasteiger partial charge in [0.05, 0.1) is 6.10 Å². The molecule has 0 aromatic carbocycles. The Morgan fingerprint density at radius 2 is 1.81 bits per heavy atom. The summed E-state index contributed by atoms with van der Waals surface area (Å²) in [6, 6.07) is 0. The molecule has 0 aliphatic heterocycles. The van der Waals surface area contributed by atoms with Crippen molar-refractivity contribution in [3.8, 4) is 0 Å². The van der Waals surface area contributed by atoms with E-state index in [1.54, 1.807) is 6.08 Å². The summed E-state index contributed by atoms with van der Waals surface area (Å²) in [7, 11) is 0. The molecule has 2 fully saturated rings. The first-order valence-electron chi connectivity index (χ1n) is 10.2. The van der Waals surface area contributed by atoms with Crippen molar-refractivity contribution in [3.63, 3.8) is 0 Å². The number of hydrogen-bond donors (Lipinski definition) is 2. The lowest BCUT2D eigenvalue weighted by molar-refractivity contribution is -0.131. The lowest BCUT2D eigenvalue weighted by Gasteiger charge is -2.52. The van der Waals surface area contributed by atoms with E-state index in [1.807, 2.05) is 6.08 Å². The largest absolute Gasteiger partial charge is 0.478 e. The molecule has 0 spiro atoms. The van der Waals surface area contributed by atoms with Gasteiger partial charge in [-0.05, 0) is 67.6 Å². The van der Waals surface area contributed by atoms with Gasteiger partial charge < -0.3 is 10.2 Å². The van der Waals surface area contributed by atoms with Crippen molar-refractivity contribution in [3.05, 3.63) is 36.0 Å². The molecule has 7 atom stereocenters. The average molecular weight is 361 g/mol. The van der Waals surface area contributed by atoms with Gasteiger partial charge in [0.25, 0.3) is 0 Å². The molecule has 146 valence electrons. The van der Waals surface area contributed by atoms with Gasteiger partial charge in [0, 0.05) is 6.08 Å². The van der Waals surface area contributed by atoms with Crippen molar-refractivity contribution in [2.45, 2.75) is 60.0 Å². The summed E-state index contributed by atoms with van der Waals surface area (Å²) in [5.74, 6) is 2.33. The molecule has 3 heteroatoms. The van der Waals surface area contributed by atoms with E-state index < -0.39 is 5.97 Å². The quantitative estimate of drug-likeness (QED) is 0.408. The van der Waals surface area contributed by atoms with Gasteiger partial charge in [-0.25, -0.2) is 4.79 Å². The van der Waals surface area contributed by atoms with E-state index in [9.17, 15) is 9.90 Å². The van der Waals surface area contributed by atoms with Gasteiger partial charge in [-0.2, -0.15) is 0 Å². The van der Waals surface area contributed by atoms with Gasteiger partial charge >= 0.3 is 5.97 Å². The van der Waals surface area contributed by atoms with Crippen molar-refractivity contribution >= 4 is 5.97 Å². The SMILES string of the molecule is C/C(=C\C(C)C)[C@H]1[C@@H](/C=C/C=C/C(=O)O)[C@H]2[C@@H](C[C@@H]1C)[C@@H](O)CC[C@@H]2C. The Hall–Kier alpha value is -1.35. The molecular weight excluding hydrogens is 324 g/mol. The summed E-state index contributed by atoms with van der Waals surface area (Å²) in [6.45, 7) is 11.3. The molecule has 0 radical (unpaired) electrons. The van der Waals surface area contributed by atoms with E-state index in [0.29, 0.717) is 41.4 Å². The predicted molar refractivity (Wildman–Crippen MR) is 107 cm³/mol. The van der Waals surface area contributed by atoms with Crippen molar-refractivity contribution in [1.82, 2.24) is 0 Å². The second-order valence-corrected chi connectivity index (χ2v) is 8.92. The van der Waals surface area contributed by atoms with E-state index in [0.717, 1.165) is 19.3 Å². The Bertz CT molecular complexity index is 572. The Balaban J connectivity index is 2.39. The first kappa shape index (κ1) is 21.0. The van der Waals surface area contributed by atoms with Crippen LogP contribution < -0.4 is 0 Å². The summed E-state index contributed by atoms with van der Waals surface area (Å²) in [5, 5.41) is 19.5. The smallest absolute Gasteiger partial charge is 0.328 e. The van der Waals surface area contributed by atoms with E-state index in [1.165, 1.54) is 11.6 Å². The summed E-state index contributed by atoms with van der Waals surface area (Å²) < 4.78 is 0. The fraction of sp³-hybridized carbons (Fsp3) is 0.696. The third-order valence-electron chi connectivity index (χ3n) is 6.48. The predicted octanol–water partition coefficient (Wildman–Crippen LogP) is 5.08. The highest BCUT2D eigenvalue weighted by Gasteiger charge is 2.48.